The summed E-state index contributed by atoms with van der Waals surface area (Å²) in [4.78, 5) is 22.6. The second-order valence-corrected chi connectivity index (χ2v) is 5.11. The molecule has 0 unspecified atom stereocenters. The molecule has 1 amide bonds. The zero-order chi connectivity index (χ0) is 16.0. The number of carbonyl (C=O) groups excluding carboxylic acids is 1. The first kappa shape index (κ1) is 16.8. The number of aryl methyl sites for hydroxylation is 2. The van der Waals surface area contributed by atoms with Crippen LogP contribution in [0, 0.1) is 13.8 Å². The van der Waals surface area contributed by atoms with Gasteiger partial charge in [0.1, 0.15) is 5.75 Å². The number of aliphatic carboxylic acids is 1. The Bertz CT molecular complexity index is 549. The van der Waals surface area contributed by atoms with Crippen LogP contribution in [-0.4, -0.2) is 30.1 Å². The second kappa shape index (κ2) is 7.47. The van der Waals surface area contributed by atoms with E-state index in [1.54, 1.807) is 26.0 Å². The molecule has 1 aromatic carbocycles. The minimum absolute atomic E-state index is 0.163. The number of nitrogens with one attached hydrogen (secondary N) is 1. The summed E-state index contributed by atoms with van der Waals surface area (Å²) < 4.78 is 5.24. The zero-order valence-electron chi connectivity index (χ0n) is 12.8. The Hall–Kier alpha value is -2.30. The number of ether oxygens (including phenoxy) is 1. The van der Waals surface area contributed by atoms with E-state index < -0.39 is 12.6 Å². The highest BCUT2D eigenvalue weighted by Gasteiger charge is 2.12. The highest BCUT2D eigenvalue weighted by molar-refractivity contribution is 5.95. The summed E-state index contributed by atoms with van der Waals surface area (Å²) in [7, 11) is 0. The summed E-state index contributed by atoms with van der Waals surface area (Å²) in [5.41, 5.74) is 3.15. The first-order chi connectivity index (χ1) is 9.81. The van der Waals surface area contributed by atoms with E-state index in [0.717, 1.165) is 16.7 Å². The van der Waals surface area contributed by atoms with E-state index in [0.29, 0.717) is 17.9 Å². The van der Waals surface area contributed by atoms with E-state index in [4.69, 9.17) is 9.84 Å². The fourth-order valence-corrected chi connectivity index (χ4v) is 1.89. The predicted octanol–water partition coefficient (Wildman–Crippen LogP) is 2.46. The summed E-state index contributed by atoms with van der Waals surface area (Å²) in [5.74, 6) is -0.681. The lowest BCUT2D eigenvalue weighted by molar-refractivity contribution is -0.139. The number of allylic oxidation sites excluding steroid dienone is 1. The van der Waals surface area contributed by atoms with E-state index >= 15 is 0 Å². The molecule has 0 aromatic heterocycles. The van der Waals surface area contributed by atoms with Crippen molar-refractivity contribution < 1.29 is 19.4 Å². The third-order valence-electron chi connectivity index (χ3n) is 2.84. The quantitative estimate of drug-likeness (QED) is 0.789. The number of carbonyl (C=O) groups is 2. The maximum atomic E-state index is 12.0. The topological polar surface area (TPSA) is 75.6 Å². The summed E-state index contributed by atoms with van der Waals surface area (Å²) in [6.07, 6.45) is 1.93. The molecule has 0 bridgehead atoms. The van der Waals surface area contributed by atoms with Crippen LogP contribution in [0.1, 0.15) is 35.3 Å². The van der Waals surface area contributed by atoms with Gasteiger partial charge in [-0.3, -0.25) is 4.79 Å². The Balaban J connectivity index is 2.84. The Kier molecular flexibility index (Phi) is 5.96. The van der Waals surface area contributed by atoms with Crippen LogP contribution in [0.2, 0.25) is 0 Å². The Labute approximate surface area is 124 Å². The minimum atomic E-state index is -1.03. The normalized spacial score (nSPS) is 9.90. The molecule has 1 rings (SSSR count). The fourth-order valence-electron chi connectivity index (χ4n) is 1.89. The minimum Gasteiger partial charge on any atom is -0.481 e. The Morgan fingerprint density at radius 3 is 2.29 bits per heavy atom. The fraction of sp³-hybridized carbons (Fsp3) is 0.375. The molecule has 0 heterocycles. The molecule has 0 aliphatic carbocycles. The van der Waals surface area contributed by atoms with Gasteiger partial charge in [0.25, 0.3) is 5.91 Å². The number of benzene rings is 1. The van der Waals surface area contributed by atoms with Crippen molar-refractivity contribution in [2.75, 3.05) is 13.2 Å². The molecule has 2 N–H and O–H groups in total. The number of hydrogen-bond donors (Lipinski definition) is 2. The van der Waals surface area contributed by atoms with Crippen molar-refractivity contribution in [1.82, 2.24) is 5.32 Å². The zero-order valence-corrected chi connectivity index (χ0v) is 12.8. The van der Waals surface area contributed by atoms with Crippen LogP contribution in [0.15, 0.2) is 23.8 Å². The molecule has 0 aliphatic heterocycles. The summed E-state index contributed by atoms with van der Waals surface area (Å²) >= 11 is 0. The Morgan fingerprint density at radius 1 is 1.24 bits per heavy atom. The molecule has 1 aromatic rings. The number of carboxylic acids is 1. The van der Waals surface area contributed by atoms with Gasteiger partial charge in [0.2, 0.25) is 0 Å². The van der Waals surface area contributed by atoms with Crippen molar-refractivity contribution in [2.45, 2.75) is 27.7 Å². The van der Waals surface area contributed by atoms with Crippen molar-refractivity contribution in [3.05, 3.63) is 40.5 Å². The van der Waals surface area contributed by atoms with Crippen LogP contribution in [-0.2, 0) is 4.79 Å². The molecule has 5 heteroatoms. The van der Waals surface area contributed by atoms with Crippen LogP contribution >= 0.6 is 0 Å². The number of carboxylic acid groups (broad SMARTS) is 1. The van der Waals surface area contributed by atoms with Crippen LogP contribution in [0.3, 0.4) is 0 Å². The molecule has 0 spiro atoms. The molecule has 0 saturated heterocycles. The SMILES string of the molecule is CC(C)=CCNC(=O)c1cc(C)c(OCC(=O)O)c(C)c1. The maximum absolute atomic E-state index is 12.0. The molecule has 0 radical (unpaired) electrons. The van der Waals surface area contributed by atoms with Gasteiger partial charge in [-0.05, 0) is 51.0 Å². The van der Waals surface area contributed by atoms with Gasteiger partial charge in [-0.15, -0.1) is 0 Å². The average Bonchev–Trinajstić information content (AvgIpc) is 2.36. The van der Waals surface area contributed by atoms with Crippen molar-refractivity contribution in [2.24, 2.45) is 0 Å². The van der Waals surface area contributed by atoms with Crippen LogP contribution in [0.5, 0.6) is 5.75 Å². The van der Waals surface area contributed by atoms with Crippen LogP contribution < -0.4 is 10.1 Å². The molecule has 0 aliphatic rings. The lowest BCUT2D eigenvalue weighted by Gasteiger charge is -2.12. The molecule has 0 saturated carbocycles. The highest BCUT2D eigenvalue weighted by atomic mass is 16.5. The highest BCUT2D eigenvalue weighted by Crippen LogP contribution is 2.24. The molecule has 21 heavy (non-hydrogen) atoms. The summed E-state index contributed by atoms with van der Waals surface area (Å²) in [6, 6.07) is 3.39. The van der Waals surface area contributed by atoms with Gasteiger partial charge >= 0.3 is 5.97 Å². The molecule has 0 fully saturated rings. The monoisotopic (exact) mass is 291 g/mol. The van der Waals surface area contributed by atoms with E-state index in [1.165, 1.54) is 0 Å². The predicted molar refractivity (Wildman–Crippen MR) is 80.8 cm³/mol. The molecule has 5 nitrogen and oxygen atoms in total. The first-order valence-electron chi connectivity index (χ1n) is 6.68. The second-order valence-electron chi connectivity index (χ2n) is 5.11. The van der Waals surface area contributed by atoms with E-state index in [-0.39, 0.29) is 5.91 Å². The molecule has 114 valence electrons. The summed E-state index contributed by atoms with van der Waals surface area (Å²) in [5, 5.41) is 11.5. The number of hydrogen-bond acceptors (Lipinski definition) is 3. The standard InChI is InChI=1S/C16H21NO4/c1-10(2)5-6-17-16(20)13-7-11(3)15(12(4)8-13)21-9-14(18)19/h5,7-8H,6,9H2,1-4H3,(H,17,20)(H,18,19). The van der Waals surface area contributed by atoms with Crippen molar-refractivity contribution in [3.8, 4) is 5.75 Å². The third kappa shape index (κ3) is 5.30. The van der Waals surface area contributed by atoms with Gasteiger partial charge in [0, 0.05) is 12.1 Å². The van der Waals surface area contributed by atoms with Gasteiger partial charge < -0.3 is 15.2 Å². The van der Waals surface area contributed by atoms with Crippen molar-refractivity contribution in [3.63, 3.8) is 0 Å². The number of amides is 1. The van der Waals surface area contributed by atoms with Crippen molar-refractivity contribution in [1.29, 1.82) is 0 Å². The molecular formula is C16H21NO4. The van der Waals surface area contributed by atoms with Crippen LogP contribution in [0.4, 0.5) is 0 Å². The largest absolute Gasteiger partial charge is 0.481 e. The van der Waals surface area contributed by atoms with Crippen molar-refractivity contribution >= 4 is 11.9 Å². The third-order valence-corrected chi connectivity index (χ3v) is 2.84. The average molecular weight is 291 g/mol. The lowest BCUT2D eigenvalue weighted by Crippen LogP contribution is -2.23. The van der Waals surface area contributed by atoms with Gasteiger partial charge in [0.05, 0.1) is 0 Å². The van der Waals surface area contributed by atoms with E-state index in [2.05, 4.69) is 5.32 Å². The van der Waals surface area contributed by atoms with Gasteiger partial charge in [0.15, 0.2) is 6.61 Å². The Morgan fingerprint density at radius 2 is 1.81 bits per heavy atom. The number of rotatable bonds is 6. The maximum Gasteiger partial charge on any atom is 0.341 e. The van der Waals surface area contributed by atoms with E-state index in [1.807, 2.05) is 19.9 Å². The van der Waals surface area contributed by atoms with Gasteiger partial charge in [-0.25, -0.2) is 4.79 Å². The van der Waals surface area contributed by atoms with Gasteiger partial charge in [-0.2, -0.15) is 0 Å². The molecule has 0 atom stereocenters. The first-order valence-corrected chi connectivity index (χ1v) is 6.68. The summed E-state index contributed by atoms with van der Waals surface area (Å²) in [6.45, 7) is 7.60. The molecular weight excluding hydrogens is 270 g/mol. The van der Waals surface area contributed by atoms with Gasteiger partial charge in [-0.1, -0.05) is 11.6 Å². The smallest absolute Gasteiger partial charge is 0.341 e. The lowest BCUT2D eigenvalue weighted by atomic mass is 10.1. The van der Waals surface area contributed by atoms with Crippen LogP contribution in [0.25, 0.3) is 0 Å². The van der Waals surface area contributed by atoms with E-state index in [9.17, 15) is 9.59 Å².